The molecular weight excluding hydrogens is 528 g/mol. The Labute approximate surface area is 228 Å². The van der Waals surface area contributed by atoms with E-state index in [2.05, 4.69) is 75.7 Å². The summed E-state index contributed by atoms with van der Waals surface area (Å²) in [7, 11) is 2.10. The number of unbranched alkanes of at least 4 members (excludes halogenated alkanes) is 1. The van der Waals surface area contributed by atoms with Gasteiger partial charge >= 0.3 is 0 Å². The Morgan fingerprint density at radius 3 is 2.84 bits per heavy atom. The van der Waals surface area contributed by atoms with Crippen LogP contribution in [0.5, 0.6) is 5.75 Å². The van der Waals surface area contributed by atoms with Crippen LogP contribution < -0.4 is 15.4 Å². The molecule has 0 bridgehead atoms. The molecule has 0 atom stereocenters. The molecule has 3 N–H and O–H groups in total. The van der Waals surface area contributed by atoms with Crippen LogP contribution in [0.4, 0.5) is 5.69 Å². The molecule has 2 aromatic carbocycles. The number of amides is 1. The number of halogens is 1. The first-order chi connectivity index (χ1) is 17.9. The Hall–Kier alpha value is -3.03. The van der Waals surface area contributed by atoms with Gasteiger partial charge in [0.15, 0.2) is 0 Å². The Balaban J connectivity index is 1.36. The predicted octanol–water partition coefficient (Wildman–Crippen LogP) is 6.54. The maximum Gasteiger partial charge on any atom is 0.255 e. The van der Waals surface area contributed by atoms with Crippen LogP contribution in [0.2, 0.25) is 0 Å². The van der Waals surface area contributed by atoms with Gasteiger partial charge in [-0.1, -0.05) is 41.4 Å². The molecule has 0 spiro atoms. The molecule has 37 heavy (non-hydrogen) atoms. The summed E-state index contributed by atoms with van der Waals surface area (Å²) in [6.45, 7) is 7.66. The minimum Gasteiger partial charge on any atom is -0.494 e. The fourth-order valence-corrected chi connectivity index (χ4v) is 4.97. The first-order valence-corrected chi connectivity index (χ1v) is 13.9. The van der Waals surface area contributed by atoms with Crippen molar-refractivity contribution < 1.29 is 9.53 Å². The number of carbonyl (C=O) groups is 1. The van der Waals surface area contributed by atoms with Crippen molar-refractivity contribution in [1.82, 2.24) is 15.2 Å². The predicted molar refractivity (Wildman–Crippen MR) is 157 cm³/mol. The highest BCUT2D eigenvalue weighted by atomic mass is 79.9. The van der Waals surface area contributed by atoms with Crippen LogP contribution in [-0.2, 0) is 6.42 Å². The zero-order valence-electron chi connectivity index (χ0n) is 22.0. The lowest BCUT2D eigenvalue weighted by atomic mass is 10.1. The number of rotatable bonds is 12. The van der Waals surface area contributed by atoms with Gasteiger partial charge in [-0.2, -0.15) is 0 Å². The van der Waals surface area contributed by atoms with Gasteiger partial charge in [-0.15, -0.1) is 0 Å². The number of nitrogens with zero attached hydrogens (tertiary/aromatic N) is 1. The van der Waals surface area contributed by atoms with Gasteiger partial charge in [0.2, 0.25) is 0 Å². The monoisotopic (exact) mass is 564 g/mol. The molecule has 0 fully saturated rings. The highest BCUT2D eigenvalue weighted by Gasteiger charge is 2.13. The van der Waals surface area contributed by atoms with Gasteiger partial charge < -0.3 is 25.3 Å². The lowest BCUT2D eigenvalue weighted by Gasteiger charge is -2.20. The van der Waals surface area contributed by atoms with Crippen LogP contribution in [0.1, 0.15) is 47.8 Å². The average molecular weight is 566 g/mol. The van der Waals surface area contributed by atoms with Crippen molar-refractivity contribution in [1.29, 1.82) is 0 Å². The number of carbonyl (C=O) groups excluding carboxylic acids is 1. The molecule has 0 aliphatic carbocycles. The number of aromatic amines is 1. The van der Waals surface area contributed by atoms with Gasteiger partial charge in [0.05, 0.1) is 6.61 Å². The van der Waals surface area contributed by atoms with E-state index >= 15 is 0 Å². The molecule has 6 nitrogen and oxygen atoms in total. The van der Waals surface area contributed by atoms with E-state index in [0.717, 1.165) is 67.7 Å². The topological polar surface area (TPSA) is 69.4 Å². The summed E-state index contributed by atoms with van der Waals surface area (Å²) < 4.78 is 6.96. The van der Waals surface area contributed by atoms with Gasteiger partial charge in [0, 0.05) is 52.1 Å². The van der Waals surface area contributed by atoms with E-state index < -0.39 is 0 Å². The van der Waals surface area contributed by atoms with E-state index in [4.69, 9.17) is 4.74 Å². The second kappa shape index (κ2) is 13.0. The van der Waals surface area contributed by atoms with Crippen molar-refractivity contribution in [2.45, 2.75) is 39.5 Å². The van der Waals surface area contributed by atoms with E-state index in [1.807, 2.05) is 30.3 Å². The third-order valence-corrected chi connectivity index (χ3v) is 7.44. The summed E-state index contributed by atoms with van der Waals surface area (Å²) in [6.07, 6.45) is 8.38. The van der Waals surface area contributed by atoms with Crippen molar-refractivity contribution in [3.05, 3.63) is 81.6 Å². The minimum atomic E-state index is -0.140. The SMILES string of the molecule is CCCCOc1cccc(C(=O)Nc2ccc3[nH]c(C)c(CCNCCC4=CN(C)CC=C4Br)c3c2)c1. The molecule has 1 aliphatic rings. The molecule has 4 rings (SSSR count). The largest absolute Gasteiger partial charge is 0.494 e. The van der Waals surface area contributed by atoms with Crippen molar-refractivity contribution in [2.24, 2.45) is 0 Å². The molecule has 1 amide bonds. The molecule has 0 saturated heterocycles. The number of allylic oxidation sites excluding steroid dienone is 1. The summed E-state index contributed by atoms with van der Waals surface area (Å²) in [5.41, 5.74) is 6.23. The Morgan fingerprint density at radius 1 is 1.16 bits per heavy atom. The number of aryl methyl sites for hydroxylation is 1. The number of nitrogens with one attached hydrogen (secondary N) is 3. The Morgan fingerprint density at radius 2 is 2.00 bits per heavy atom. The van der Waals surface area contributed by atoms with E-state index in [9.17, 15) is 4.79 Å². The first kappa shape index (κ1) is 27.0. The molecule has 2 heterocycles. The summed E-state index contributed by atoms with van der Waals surface area (Å²) in [5, 5.41) is 7.79. The maximum absolute atomic E-state index is 12.9. The van der Waals surface area contributed by atoms with Crippen LogP contribution in [-0.4, -0.2) is 49.1 Å². The summed E-state index contributed by atoms with van der Waals surface area (Å²) in [6, 6.07) is 13.4. The quantitative estimate of drug-likeness (QED) is 0.218. The molecule has 1 aromatic heterocycles. The third-order valence-electron chi connectivity index (χ3n) is 6.60. The van der Waals surface area contributed by atoms with Crippen molar-refractivity contribution in [2.75, 3.05) is 38.6 Å². The zero-order valence-corrected chi connectivity index (χ0v) is 23.6. The minimum absolute atomic E-state index is 0.140. The number of anilines is 1. The van der Waals surface area contributed by atoms with Crippen LogP contribution in [0, 0.1) is 6.92 Å². The van der Waals surface area contributed by atoms with Crippen LogP contribution in [0.15, 0.2) is 64.8 Å². The molecule has 0 saturated carbocycles. The van der Waals surface area contributed by atoms with Crippen molar-refractivity contribution in [3.63, 3.8) is 0 Å². The fraction of sp³-hybridized carbons (Fsp3) is 0.367. The number of likely N-dealkylation sites (N-methyl/N-ethyl adjacent to an activating group) is 1. The number of hydrogen-bond donors (Lipinski definition) is 3. The highest BCUT2D eigenvalue weighted by molar-refractivity contribution is 9.12. The van der Waals surface area contributed by atoms with Gasteiger partial charge in [-0.05, 0) is 86.8 Å². The molecule has 0 radical (unpaired) electrons. The summed E-state index contributed by atoms with van der Waals surface area (Å²) >= 11 is 3.67. The molecule has 1 aliphatic heterocycles. The molecular formula is C30H37BrN4O2. The number of fused-ring (bicyclic) bond motifs is 1. The maximum atomic E-state index is 12.9. The van der Waals surface area contributed by atoms with Crippen molar-refractivity contribution in [3.8, 4) is 5.75 Å². The fourth-order valence-electron chi connectivity index (χ4n) is 4.53. The van der Waals surface area contributed by atoms with Crippen LogP contribution >= 0.6 is 15.9 Å². The van der Waals surface area contributed by atoms with Gasteiger partial charge in [0.1, 0.15) is 5.75 Å². The van der Waals surface area contributed by atoms with E-state index in [0.29, 0.717) is 12.2 Å². The van der Waals surface area contributed by atoms with Crippen molar-refractivity contribution >= 4 is 38.4 Å². The molecule has 196 valence electrons. The second-order valence-electron chi connectivity index (χ2n) is 9.57. The molecule has 3 aromatic rings. The number of benzene rings is 2. The average Bonchev–Trinajstić information content (AvgIpc) is 3.20. The van der Waals surface area contributed by atoms with E-state index in [1.54, 1.807) is 6.07 Å². The van der Waals surface area contributed by atoms with Gasteiger partial charge in [-0.3, -0.25) is 4.79 Å². The number of ether oxygens (including phenoxy) is 1. The Bertz CT molecular complexity index is 1290. The Kier molecular flexibility index (Phi) is 9.47. The van der Waals surface area contributed by atoms with E-state index in [-0.39, 0.29) is 5.91 Å². The number of hydrogen-bond acceptors (Lipinski definition) is 4. The standard InChI is InChI=1S/C30H37BrN4O2/c1-4-5-17-37-25-8-6-7-22(18-25)30(36)34-24-9-10-29-27(19-24)26(21(2)33-29)12-15-32-14-11-23-20-35(3)16-13-28(23)31/h6-10,13,18-20,32-33H,4-5,11-12,14-17H2,1-3H3,(H,34,36). The van der Waals surface area contributed by atoms with Gasteiger partial charge in [0.25, 0.3) is 5.91 Å². The molecule has 0 unspecified atom stereocenters. The van der Waals surface area contributed by atoms with Crippen LogP contribution in [0.25, 0.3) is 10.9 Å². The number of H-pyrrole nitrogens is 1. The number of aromatic nitrogens is 1. The lowest BCUT2D eigenvalue weighted by molar-refractivity contribution is 0.102. The summed E-state index contributed by atoms with van der Waals surface area (Å²) in [4.78, 5) is 18.6. The normalized spacial score (nSPS) is 13.5. The molecule has 7 heteroatoms. The first-order valence-electron chi connectivity index (χ1n) is 13.1. The van der Waals surface area contributed by atoms with E-state index in [1.165, 1.54) is 21.3 Å². The van der Waals surface area contributed by atoms with Crippen LogP contribution in [0.3, 0.4) is 0 Å². The third kappa shape index (κ3) is 7.27. The highest BCUT2D eigenvalue weighted by Crippen LogP contribution is 2.27. The zero-order chi connectivity index (χ0) is 26.2. The smallest absolute Gasteiger partial charge is 0.255 e. The van der Waals surface area contributed by atoms with Gasteiger partial charge in [-0.25, -0.2) is 0 Å². The summed E-state index contributed by atoms with van der Waals surface area (Å²) in [5.74, 6) is 0.585. The lowest BCUT2D eigenvalue weighted by Crippen LogP contribution is -2.21. The second-order valence-corrected chi connectivity index (χ2v) is 10.4.